The minimum absolute atomic E-state index is 0.283. The van der Waals surface area contributed by atoms with Crippen LogP contribution in [0.15, 0.2) is 55.1 Å². The van der Waals surface area contributed by atoms with Gasteiger partial charge in [-0.1, -0.05) is 6.07 Å². The van der Waals surface area contributed by atoms with Crippen LogP contribution in [0.3, 0.4) is 0 Å². The predicted octanol–water partition coefficient (Wildman–Crippen LogP) is 2.10. The van der Waals surface area contributed by atoms with Crippen molar-refractivity contribution in [2.75, 3.05) is 7.05 Å². The first kappa shape index (κ1) is 15.3. The average molecular weight is 356 g/mol. The normalized spacial score (nSPS) is 13.4. The van der Waals surface area contributed by atoms with E-state index in [2.05, 4.69) is 20.1 Å². The van der Waals surface area contributed by atoms with Crippen LogP contribution >= 0.6 is 0 Å². The lowest BCUT2D eigenvalue weighted by Crippen LogP contribution is -2.24. The van der Waals surface area contributed by atoms with Crippen molar-refractivity contribution in [3.63, 3.8) is 0 Å². The van der Waals surface area contributed by atoms with Gasteiger partial charge < -0.3 is 0 Å². The first-order valence-corrected chi connectivity index (χ1v) is 8.22. The van der Waals surface area contributed by atoms with Crippen LogP contribution in [0.2, 0.25) is 0 Å². The quantitative estimate of drug-likeness (QED) is 0.511. The molecule has 0 aromatic carbocycles. The van der Waals surface area contributed by atoms with Gasteiger partial charge in [0.05, 0.1) is 16.5 Å². The molecule has 1 aliphatic rings. The molecule has 4 aromatic heterocycles. The largest absolute Gasteiger partial charge is 0.277 e. The van der Waals surface area contributed by atoms with Crippen LogP contribution in [0.5, 0.6) is 0 Å². The van der Waals surface area contributed by atoms with Gasteiger partial charge in [-0.05, 0) is 24.3 Å². The van der Waals surface area contributed by atoms with E-state index in [4.69, 9.17) is 0 Å². The summed E-state index contributed by atoms with van der Waals surface area (Å²) in [6, 6.07) is 9.06. The maximum Gasteiger partial charge on any atom is 0.262 e. The van der Waals surface area contributed by atoms with Gasteiger partial charge in [0.15, 0.2) is 11.5 Å². The lowest BCUT2D eigenvalue weighted by atomic mass is 10.0. The Labute approximate surface area is 153 Å². The van der Waals surface area contributed by atoms with Crippen molar-refractivity contribution in [1.82, 2.24) is 29.6 Å². The molecular formula is C19H12N6O2. The highest BCUT2D eigenvalue weighted by Gasteiger charge is 2.37. The van der Waals surface area contributed by atoms with E-state index in [1.54, 1.807) is 47.5 Å². The molecule has 4 aromatic rings. The molecule has 1 aliphatic heterocycles. The highest BCUT2D eigenvalue weighted by molar-refractivity contribution is 6.27. The fourth-order valence-corrected chi connectivity index (χ4v) is 3.26. The number of imide groups is 1. The summed E-state index contributed by atoms with van der Waals surface area (Å²) in [5, 5.41) is 5.21. The zero-order chi connectivity index (χ0) is 18.5. The molecule has 0 bridgehead atoms. The summed E-state index contributed by atoms with van der Waals surface area (Å²) >= 11 is 0. The highest BCUT2D eigenvalue weighted by atomic mass is 16.2. The van der Waals surface area contributed by atoms with Crippen LogP contribution in [0.1, 0.15) is 20.7 Å². The minimum Gasteiger partial charge on any atom is -0.277 e. The Morgan fingerprint density at radius 1 is 0.926 bits per heavy atom. The van der Waals surface area contributed by atoms with Crippen LogP contribution in [0.25, 0.3) is 28.1 Å². The Hall–Kier alpha value is -3.94. The number of amides is 2. The second-order valence-corrected chi connectivity index (χ2v) is 6.10. The summed E-state index contributed by atoms with van der Waals surface area (Å²) in [5.74, 6) is -0.158. The van der Waals surface area contributed by atoms with Gasteiger partial charge in [0.25, 0.3) is 11.8 Å². The van der Waals surface area contributed by atoms with Crippen LogP contribution in [0.4, 0.5) is 0 Å². The van der Waals surface area contributed by atoms with Crippen LogP contribution in [0, 0.1) is 0 Å². The number of carbonyl (C=O) groups is 2. The highest BCUT2D eigenvalue weighted by Crippen LogP contribution is 2.35. The summed E-state index contributed by atoms with van der Waals surface area (Å²) in [6.45, 7) is 0. The predicted molar refractivity (Wildman–Crippen MR) is 96.3 cm³/mol. The maximum atomic E-state index is 12.8. The van der Waals surface area contributed by atoms with Crippen LogP contribution in [-0.4, -0.2) is 48.5 Å². The first-order valence-electron chi connectivity index (χ1n) is 8.22. The van der Waals surface area contributed by atoms with Gasteiger partial charge >= 0.3 is 0 Å². The van der Waals surface area contributed by atoms with Crippen molar-refractivity contribution < 1.29 is 9.59 Å². The third kappa shape index (κ3) is 2.10. The molecule has 0 atom stereocenters. The molecule has 5 heterocycles. The molecule has 0 unspecified atom stereocenters. The third-order valence-corrected chi connectivity index (χ3v) is 4.57. The number of pyridine rings is 3. The molecule has 130 valence electrons. The van der Waals surface area contributed by atoms with Gasteiger partial charge in [-0.2, -0.15) is 9.78 Å². The molecule has 2 amide bonds. The zero-order valence-corrected chi connectivity index (χ0v) is 14.2. The standard InChI is InChI=1S/C19H12N6O2/c1-24-18(26)12-10-22-17-15(14(12)19(24)27)16(11-5-8-20-9-6-11)23-25(17)13-4-2-3-7-21-13/h2-10H,1H3. The number of fused-ring (bicyclic) bond motifs is 3. The van der Waals surface area contributed by atoms with E-state index in [0.717, 1.165) is 10.5 Å². The van der Waals surface area contributed by atoms with E-state index in [-0.39, 0.29) is 17.4 Å². The third-order valence-electron chi connectivity index (χ3n) is 4.57. The SMILES string of the molecule is CN1C(=O)c2cnc3c(c(-c4ccncc4)nn3-c3ccccn3)c2C1=O. The molecule has 5 rings (SSSR count). The van der Waals surface area contributed by atoms with E-state index >= 15 is 0 Å². The van der Waals surface area contributed by atoms with E-state index in [9.17, 15) is 9.59 Å². The molecule has 0 saturated heterocycles. The fourth-order valence-electron chi connectivity index (χ4n) is 3.26. The molecule has 0 fully saturated rings. The maximum absolute atomic E-state index is 12.8. The van der Waals surface area contributed by atoms with Gasteiger partial charge in [0.1, 0.15) is 5.69 Å². The lowest BCUT2D eigenvalue weighted by Gasteiger charge is -2.03. The minimum atomic E-state index is -0.365. The molecule has 0 aliphatic carbocycles. The van der Waals surface area contributed by atoms with Gasteiger partial charge in [-0.3, -0.25) is 19.5 Å². The number of rotatable bonds is 2. The Kier molecular flexibility index (Phi) is 3.14. The molecule has 0 radical (unpaired) electrons. The molecule has 0 spiro atoms. The zero-order valence-electron chi connectivity index (χ0n) is 14.2. The van der Waals surface area contributed by atoms with E-state index in [1.807, 2.05) is 6.07 Å². The topological polar surface area (TPSA) is 93.9 Å². The Bertz CT molecular complexity index is 1220. The first-order chi connectivity index (χ1) is 13.2. The average Bonchev–Trinajstić information content (AvgIpc) is 3.21. The number of nitrogens with zero attached hydrogens (tertiary/aromatic N) is 6. The van der Waals surface area contributed by atoms with Crippen molar-refractivity contribution in [2.24, 2.45) is 0 Å². The second kappa shape index (κ2) is 5.53. The van der Waals surface area contributed by atoms with Gasteiger partial charge in [0, 0.05) is 37.4 Å². The summed E-state index contributed by atoms with van der Waals surface area (Å²) in [4.78, 5) is 39.1. The molecular weight excluding hydrogens is 344 g/mol. The molecule has 0 saturated carbocycles. The van der Waals surface area contributed by atoms with Crippen molar-refractivity contribution in [3.05, 3.63) is 66.2 Å². The second-order valence-electron chi connectivity index (χ2n) is 6.10. The van der Waals surface area contributed by atoms with Crippen LogP contribution < -0.4 is 0 Å². The number of aromatic nitrogens is 5. The summed E-state index contributed by atoms with van der Waals surface area (Å²) in [6.07, 6.45) is 6.39. The van der Waals surface area contributed by atoms with Crippen molar-refractivity contribution >= 4 is 22.8 Å². The van der Waals surface area contributed by atoms with Crippen molar-refractivity contribution in [1.29, 1.82) is 0 Å². The molecule has 8 heteroatoms. The van der Waals surface area contributed by atoms with Crippen LogP contribution in [-0.2, 0) is 0 Å². The molecule has 8 nitrogen and oxygen atoms in total. The smallest absolute Gasteiger partial charge is 0.262 e. The van der Waals surface area contributed by atoms with E-state index in [0.29, 0.717) is 28.1 Å². The number of carbonyl (C=O) groups excluding carboxylic acids is 2. The van der Waals surface area contributed by atoms with Crippen molar-refractivity contribution in [2.45, 2.75) is 0 Å². The Morgan fingerprint density at radius 2 is 1.74 bits per heavy atom. The number of hydrogen-bond acceptors (Lipinski definition) is 6. The molecule has 27 heavy (non-hydrogen) atoms. The molecule has 0 N–H and O–H groups in total. The summed E-state index contributed by atoms with van der Waals surface area (Å²) in [5.41, 5.74) is 2.40. The van der Waals surface area contributed by atoms with Gasteiger partial charge in [0.2, 0.25) is 0 Å². The lowest BCUT2D eigenvalue weighted by molar-refractivity contribution is 0.0693. The Morgan fingerprint density at radius 3 is 2.48 bits per heavy atom. The van der Waals surface area contributed by atoms with Gasteiger partial charge in [-0.15, -0.1) is 0 Å². The Balaban J connectivity index is 1.92. The summed E-state index contributed by atoms with van der Waals surface area (Å²) < 4.78 is 1.58. The van der Waals surface area contributed by atoms with Gasteiger partial charge in [-0.25, -0.2) is 9.97 Å². The summed E-state index contributed by atoms with van der Waals surface area (Å²) in [7, 11) is 1.46. The fraction of sp³-hybridized carbons (Fsp3) is 0.0526. The van der Waals surface area contributed by atoms with Crippen molar-refractivity contribution in [3.8, 4) is 17.1 Å². The van der Waals surface area contributed by atoms with E-state index in [1.165, 1.54) is 13.2 Å². The monoisotopic (exact) mass is 356 g/mol. The van der Waals surface area contributed by atoms with E-state index < -0.39 is 0 Å². The number of hydrogen-bond donors (Lipinski definition) is 0.